The van der Waals surface area contributed by atoms with Gasteiger partial charge in [-0.3, -0.25) is 0 Å². The van der Waals surface area contributed by atoms with Crippen LogP contribution in [0.2, 0.25) is 0 Å². The summed E-state index contributed by atoms with van der Waals surface area (Å²) in [5.41, 5.74) is 6.74. The molecule has 0 bridgehead atoms. The summed E-state index contributed by atoms with van der Waals surface area (Å²) in [5, 5.41) is 5.08. The summed E-state index contributed by atoms with van der Waals surface area (Å²) in [5.74, 6) is 1.35. The van der Waals surface area contributed by atoms with E-state index >= 15 is 0 Å². The van der Waals surface area contributed by atoms with Gasteiger partial charge in [-0.1, -0.05) is 30.0 Å². The van der Waals surface area contributed by atoms with Gasteiger partial charge in [-0.05, 0) is 19.1 Å². The Balaban J connectivity index is 1.78. The number of aromatic nitrogens is 6. The van der Waals surface area contributed by atoms with Crippen LogP contribution in [0.5, 0.6) is 0 Å². The highest BCUT2D eigenvalue weighted by Crippen LogP contribution is 2.31. The molecule has 0 unspecified atom stereocenters. The molecule has 24 heavy (non-hydrogen) atoms. The van der Waals surface area contributed by atoms with Crippen LogP contribution >= 0.6 is 11.8 Å². The SMILES string of the molecule is C[C@@H](Sc1ncn(-c2ccccc2)n1)c1nc(N)nc(N(C)C)n1. The molecule has 2 aromatic heterocycles. The fourth-order valence-corrected chi connectivity index (χ4v) is 2.77. The number of nitrogens with zero attached hydrogens (tertiary/aromatic N) is 7. The Labute approximate surface area is 144 Å². The molecule has 0 spiro atoms. The Bertz CT molecular complexity index is 817. The summed E-state index contributed by atoms with van der Waals surface area (Å²) in [6, 6.07) is 9.84. The first kappa shape index (κ1) is 16.2. The standard InChI is InChI=1S/C15H18N8S/c1-10(12-18-13(16)20-14(19-12)22(2)3)24-15-17-9-23(21-15)11-7-5-4-6-8-11/h4-10H,1-3H3,(H2,16,18,19,20)/t10-/m1/s1. The predicted octanol–water partition coefficient (Wildman–Crippen LogP) is 1.95. The third kappa shape index (κ3) is 3.62. The molecule has 0 aliphatic rings. The maximum atomic E-state index is 5.77. The van der Waals surface area contributed by atoms with Gasteiger partial charge in [0.15, 0.2) is 0 Å². The topological polar surface area (TPSA) is 98.6 Å². The van der Waals surface area contributed by atoms with E-state index in [2.05, 4.69) is 25.0 Å². The molecule has 0 fully saturated rings. The summed E-state index contributed by atoms with van der Waals surface area (Å²) >= 11 is 1.47. The van der Waals surface area contributed by atoms with Crippen molar-refractivity contribution in [2.45, 2.75) is 17.3 Å². The van der Waals surface area contributed by atoms with Gasteiger partial charge in [-0.25, -0.2) is 9.67 Å². The number of nitrogen functional groups attached to an aromatic ring is 1. The molecule has 1 aromatic carbocycles. The van der Waals surface area contributed by atoms with Crippen LogP contribution in [0.25, 0.3) is 5.69 Å². The molecular formula is C15H18N8S. The number of hydrogen-bond donors (Lipinski definition) is 1. The molecule has 0 saturated heterocycles. The van der Waals surface area contributed by atoms with Crippen LogP contribution < -0.4 is 10.6 Å². The monoisotopic (exact) mass is 342 g/mol. The summed E-state index contributed by atoms with van der Waals surface area (Å²) in [7, 11) is 3.72. The normalized spacial score (nSPS) is 12.1. The number of rotatable bonds is 5. The lowest BCUT2D eigenvalue weighted by molar-refractivity contribution is 0.825. The average molecular weight is 342 g/mol. The minimum absolute atomic E-state index is 0.0550. The fraction of sp³-hybridized carbons (Fsp3) is 0.267. The van der Waals surface area contributed by atoms with Crippen LogP contribution in [0, 0.1) is 0 Å². The second-order valence-corrected chi connectivity index (χ2v) is 6.62. The van der Waals surface area contributed by atoms with E-state index in [1.54, 1.807) is 15.9 Å². The third-order valence-electron chi connectivity index (χ3n) is 3.20. The summed E-state index contributed by atoms with van der Waals surface area (Å²) < 4.78 is 1.74. The zero-order valence-electron chi connectivity index (χ0n) is 13.7. The van der Waals surface area contributed by atoms with Crippen molar-refractivity contribution in [1.82, 2.24) is 29.7 Å². The lowest BCUT2D eigenvalue weighted by Gasteiger charge is -2.13. The predicted molar refractivity (Wildman–Crippen MR) is 94.2 cm³/mol. The van der Waals surface area contributed by atoms with Gasteiger partial charge in [-0.2, -0.15) is 15.0 Å². The van der Waals surface area contributed by atoms with Crippen molar-refractivity contribution in [3.63, 3.8) is 0 Å². The minimum atomic E-state index is -0.0550. The van der Waals surface area contributed by atoms with Gasteiger partial charge in [0.1, 0.15) is 12.2 Å². The lowest BCUT2D eigenvalue weighted by atomic mass is 10.3. The van der Waals surface area contributed by atoms with Crippen molar-refractivity contribution in [1.29, 1.82) is 0 Å². The maximum absolute atomic E-state index is 5.77. The highest BCUT2D eigenvalue weighted by Gasteiger charge is 2.16. The van der Waals surface area contributed by atoms with Crippen LogP contribution in [0.3, 0.4) is 0 Å². The first-order valence-corrected chi connectivity index (χ1v) is 8.23. The molecule has 0 aliphatic heterocycles. The van der Waals surface area contributed by atoms with Gasteiger partial charge in [0.05, 0.1) is 10.9 Å². The Morgan fingerprint density at radius 3 is 2.58 bits per heavy atom. The van der Waals surface area contributed by atoms with Gasteiger partial charge in [0.2, 0.25) is 17.1 Å². The summed E-state index contributed by atoms with van der Waals surface area (Å²) in [6.07, 6.45) is 1.69. The molecule has 3 aromatic rings. The number of nitrogens with two attached hydrogens (primary N) is 1. The van der Waals surface area contributed by atoms with Crippen LogP contribution in [-0.2, 0) is 0 Å². The molecular weight excluding hydrogens is 324 g/mol. The molecule has 8 nitrogen and oxygen atoms in total. The summed E-state index contributed by atoms with van der Waals surface area (Å²) in [4.78, 5) is 18.9. The Hall–Kier alpha value is -2.68. The number of benzene rings is 1. The largest absolute Gasteiger partial charge is 0.368 e. The van der Waals surface area contributed by atoms with E-state index in [0.29, 0.717) is 16.9 Å². The quantitative estimate of drug-likeness (QED) is 0.703. The number of thioether (sulfide) groups is 1. The van der Waals surface area contributed by atoms with Crippen LogP contribution in [-0.4, -0.2) is 43.8 Å². The van der Waals surface area contributed by atoms with E-state index in [1.165, 1.54) is 11.8 Å². The first-order chi connectivity index (χ1) is 11.5. The third-order valence-corrected chi connectivity index (χ3v) is 4.16. The second kappa shape index (κ2) is 6.83. The van der Waals surface area contributed by atoms with Crippen molar-refractivity contribution < 1.29 is 0 Å². The van der Waals surface area contributed by atoms with Gasteiger partial charge in [-0.15, -0.1) is 5.10 Å². The molecule has 124 valence electrons. The first-order valence-electron chi connectivity index (χ1n) is 7.35. The summed E-state index contributed by atoms with van der Waals surface area (Å²) in [6.45, 7) is 1.99. The highest BCUT2D eigenvalue weighted by atomic mass is 32.2. The minimum Gasteiger partial charge on any atom is -0.368 e. The zero-order valence-corrected chi connectivity index (χ0v) is 14.5. The molecule has 0 aliphatic carbocycles. The zero-order chi connectivity index (χ0) is 17.1. The van der Waals surface area contributed by atoms with Gasteiger partial charge in [0, 0.05) is 14.1 Å². The van der Waals surface area contributed by atoms with Crippen LogP contribution in [0.1, 0.15) is 18.0 Å². The molecule has 0 saturated carbocycles. The Kier molecular flexibility index (Phi) is 4.61. The molecule has 9 heteroatoms. The smallest absolute Gasteiger partial charge is 0.229 e. The van der Waals surface area contributed by atoms with Gasteiger partial charge in [0.25, 0.3) is 0 Å². The molecule has 3 rings (SSSR count). The number of anilines is 2. The van der Waals surface area contributed by atoms with Crippen LogP contribution in [0.4, 0.5) is 11.9 Å². The van der Waals surface area contributed by atoms with Crippen molar-refractivity contribution in [2.24, 2.45) is 0 Å². The van der Waals surface area contributed by atoms with Gasteiger partial charge < -0.3 is 10.6 Å². The number of para-hydroxylation sites is 1. The van der Waals surface area contributed by atoms with Crippen LogP contribution in [0.15, 0.2) is 41.8 Å². The maximum Gasteiger partial charge on any atom is 0.229 e. The Morgan fingerprint density at radius 1 is 1.12 bits per heavy atom. The molecule has 2 heterocycles. The van der Waals surface area contributed by atoms with E-state index in [0.717, 1.165) is 5.69 Å². The lowest BCUT2D eigenvalue weighted by Crippen LogP contribution is -2.16. The van der Waals surface area contributed by atoms with Crippen molar-refractivity contribution in [3.05, 3.63) is 42.5 Å². The second-order valence-electron chi connectivity index (χ2n) is 5.31. The highest BCUT2D eigenvalue weighted by molar-refractivity contribution is 7.99. The molecule has 1 atom stereocenters. The van der Waals surface area contributed by atoms with E-state index in [-0.39, 0.29) is 11.2 Å². The number of hydrogen-bond acceptors (Lipinski definition) is 8. The van der Waals surface area contributed by atoms with Crippen molar-refractivity contribution in [2.75, 3.05) is 24.7 Å². The van der Waals surface area contributed by atoms with Crippen molar-refractivity contribution >= 4 is 23.7 Å². The molecule has 2 N–H and O–H groups in total. The van der Waals surface area contributed by atoms with E-state index < -0.39 is 0 Å². The molecule has 0 amide bonds. The van der Waals surface area contributed by atoms with Crippen molar-refractivity contribution in [3.8, 4) is 5.69 Å². The molecule has 0 radical (unpaired) electrons. The van der Waals surface area contributed by atoms with E-state index in [9.17, 15) is 0 Å². The Morgan fingerprint density at radius 2 is 1.88 bits per heavy atom. The van der Waals surface area contributed by atoms with E-state index in [4.69, 9.17) is 5.73 Å². The van der Waals surface area contributed by atoms with Gasteiger partial charge >= 0.3 is 0 Å². The van der Waals surface area contributed by atoms with E-state index in [1.807, 2.05) is 51.4 Å². The fourth-order valence-electron chi connectivity index (χ4n) is 2.00. The average Bonchev–Trinajstić information content (AvgIpc) is 3.03.